The number of carbonyl (C=O) groups is 2. The third-order valence-corrected chi connectivity index (χ3v) is 5.43. The molecular formula is C24H20ClNO5. The topological polar surface area (TPSA) is 73.9 Å². The molecule has 0 radical (unpaired) electrons. The average Bonchev–Trinajstić information content (AvgIpc) is 2.79. The maximum absolute atomic E-state index is 12.9. The molecule has 1 amide bonds. The number of hydrogen-bond donors (Lipinski definition) is 1. The van der Waals surface area contributed by atoms with Crippen LogP contribution in [-0.4, -0.2) is 26.1 Å². The molecule has 1 atom stereocenters. The molecule has 3 aromatic carbocycles. The van der Waals surface area contributed by atoms with Gasteiger partial charge in [0.2, 0.25) is 0 Å². The van der Waals surface area contributed by atoms with E-state index >= 15 is 0 Å². The maximum atomic E-state index is 12.9. The van der Waals surface area contributed by atoms with Gasteiger partial charge in [-0.05, 0) is 35.4 Å². The van der Waals surface area contributed by atoms with Crippen molar-refractivity contribution in [2.45, 2.75) is 12.5 Å². The number of methoxy groups -OCH3 is 2. The van der Waals surface area contributed by atoms with Gasteiger partial charge in [0.05, 0.1) is 30.5 Å². The van der Waals surface area contributed by atoms with Gasteiger partial charge < -0.3 is 19.5 Å². The summed E-state index contributed by atoms with van der Waals surface area (Å²) in [5.74, 6) is 0.110. The summed E-state index contributed by atoms with van der Waals surface area (Å²) in [6.45, 7) is 0. The standard InChI is InChI=1S/C24H20ClNO5/c1-29-21-13-22(30-2)19(12-18(21)25)26-23(27)15-8-9-17-16(10-15)11-20(31-24(17)28)14-6-4-3-5-7-14/h3-10,12-13,20H,11H2,1-2H3,(H,26,27)/t20-/m0/s1. The molecule has 0 aromatic heterocycles. The summed E-state index contributed by atoms with van der Waals surface area (Å²) in [5, 5.41) is 3.16. The van der Waals surface area contributed by atoms with Crippen molar-refractivity contribution >= 4 is 29.2 Å². The molecule has 158 valence electrons. The van der Waals surface area contributed by atoms with Crippen molar-refractivity contribution < 1.29 is 23.8 Å². The molecule has 31 heavy (non-hydrogen) atoms. The molecule has 0 unspecified atom stereocenters. The van der Waals surface area contributed by atoms with Crippen molar-refractivity contribution in [2.75, 3.05) is 19.5 Å². The molecule has 1 N–H and O–H groups in total. The minimum atomic E-state index is -0.398. The quantitative estimate of drug-likeness (QED) is 0.564. The fourth-order valence-electron chi connectivity index (χ4n) is 3.54. The summed E-state index contributed by atoms with van der Waals surface area (Å²) in [6, 6.07) is 17.6. The van der Waals surface area contributed by atoms with E-state index in [-0.39, 0.29) is 12.0 Å². The van der Waals surface area contributed by atoms with Crippen LogP contribution in [0.25, 0.3) is 0 Å². The van der Waals surface area contributed by atoms with Crippen LogP contribution in [0, 0.1) is 0 Å². The number of anilines is 1. The molecule has 1 aliphatic rings. The lowest BCUT2D eigenvalue weighted by Gasteiger charge is -2.25. The van der Waals surface area contributed by atoms with Crippen LogP contribution in [0.5, 0.6) is 11.5 Å². The Morgan fingerprint density at radius 1 is 1.03 bits per heavy atom. The monoisotopic (exact) mass is 437 g/mol. The highest BCUT2D eigenvalue weighted by Gasteiger charge is 2.28. The molecule has 0 fully saturated rings. The van der Waals surface area contributed by atoms with Gasteiger partial charge in [-0.2, -0.15) is 0 Å². The van der Waals surface area contributed by atoms with Crippen molar-refractivity contribution in [1.29, 1.82) is 0 Å². The zero-order valence-electron chi connectivity index (χ0n) is 17.0. The van der Waals surface area contributed by atoms with Crippen LogP contribution in [0.1, 0.15) is 37.9 Å². The Balaban J connectivity index is 1.60. The molecule has 0 spiro atoms. The van der Waals surface area contributed by atoms with Gasteiger partial charge in [-0.1, -0.05) is 41.9 Å². The van der Waals surface area contributed by atoms with Gasteiger partial charge in [-0.25, -0.2) is 4.79 Å². The van der Waals surface area contributed by atoms with Crippen molar-refractivity contribution in [3.63, 3.8) is 0 Å². The van der Waals surface area contributed by atoms with E-state index in [9.17, 15) is 9.59 Å². The number of benzene rings is 3. The van der Waals surface area contributed by atoms with Crippen molar-refractivity contribution in [3.05, 3.63) is 87.9 Å². The van der Waals surface area contributed by atoms with E-state index in [1.165, 1.54) is 14.2 Å². The molecular weight excluding hydrogens is 418 g/mol. The summed E-state index contributed by atoms with van der Waals surface area (Å²) in [4.78, 5) is 25.4. The van der Waals surface area contributed by atoms with Crippen LogP contribution < -0.4 is 14.8 Å². The Morgan fingerprint density at radius 3 is 2.48 bits per heavy atom. The second-order valence-electron chi connectivity index (χ2n) is 7.02. The zero-order chi connectivity index (χ0) is 22.0. The Hall–Kier alpha value is -3.51. The molecule has 1 heterocycles. The number of amides is 1. The molecule has 3 aromatic rings. The largest absolute Gasteiger partial charge is 0.495 e. The minimum absolute atomic E-state index is 0.345. The number of cyclic esters (lactones) is 1. The van der Waals surface area contributed by atoms with Gasteiger partial charge in [0.25, 0.3) is 5.91 Å². The summed E-state index contributed by atoms with van der Waals surface area (Å²) in [7, 11) is 2.99. The molecule has 0 saturated carbocycles. The first kappa shape index (κ1) is 20.8. The van der Waals surface area contributed by atoms with Crippen molar-refractivity contribution in [2.24, 2.45) is 0 Å². The molecule has 0 aliphatic carbocycles. The third kappa shape index (κ3) is 4.20. The van der Waals surface area contributed by atoms with Gasteiger partial charge in [-0.15, -0.1) is 0 Å². The lowest BCUT2D eigenvalue weighted by molar-refractivity contribution is 0.0252. The van der Waals surface area contributed by atoms with E-state index in [1.807, 2.05) is 30.3 Å². The first-order valence-electron chi connectivity index (χ1n) is 9.62. The van der Waals surface area contributed by atoms with E-state index in [4.69, 9.17) is 25.8 Å². The Morgan fingerprint density at radius 2 is 1.77 bits per heavy atom. The average molecular weight is 438 g/mol. The van der Waals surface area contributed by atoms with Gasteiger partial charge in [-0.3, -0.25) is 4.79 Å². The summed E-state index contributed by atoms with van der Waals surface area (Å²) in [6.07, 6.45) is 0.101. The number of fused-ring (bicyclic) bond motifs is 1. The molecule has 7 heteroatoms. The number of carbonyl (C=O) groups excluding carboxylic acids is 2. The van der Waals surface area contributed by atoms with Gasteiger partial charge in [0.15, 0.2) is 0 Å². The number of halogens is 1. The normalized spacial score (nSPS) is 14.9. The fourth-order valence-corrected chi connectivity index (χ4v) is 3.78. The van der Waals surface area contributed by atoms with Crippen LogP contribution in [-0.2, 0) is 11.2 Å². The summed E-state index contributed by atoms with van der Waals surface area (Å²) < 4.78 is 16.1. The predicted molar refractivity (Wildman–Crippen MR) is 117 cm³/mol. The summed E-state index contributed by atoms with van der Waals surface area (Å²) in [5.41, 5.74) is 2.96. The number of ether oxygens (including phenoxy) is 3. The second kappa shape index (κ2) is 8.70. The second-order valence-corrected chi connectivity index (χ2v) is 7.43. The van der Waals surface area contributed by atoms with Crippen LogP contribution >= 0.6 is 11.6 Å². The Kier molecular flexibility index (Phi) is 5.82. The Bertz CT molecular complexity index is 1150. The van der Waals surface area contributed by atoms with E-state index in [0.29, 0.717) is 39.8 Å². The van der Waals surface area contributed by atoms with Crippen LogP contribution in [0.3, 0.4) is 0 Å². The number of nitrogens with one attached hydrogen (secondary N) is 1. The lowest BCUT2D eigenvalue weighted by atomic mass is 9.93. The third-order valence-electron chi connectivity index (χ3n) is 5.14. The SMILES string of the molecule is COc1cc(OC)c(NC(=O)c2ccc3c(c2)C[C@@H](c2ccccc2)OC3=O)cc1Cl. The maximum Gasteiger partial charge on any atom is 0.339 e. The van der Waals surface area contributed by atoms with Crippen LogP contribution in [0.15, 0.2) is 60.7 Å². The van der Waals surface area contributed by atoms with Crippen molar-refractivity contribution in [1.82, 2.24) is 0 Å². The van der Waals surface area contributed by atoms with Gasteiger partial charge in [0.1, 0.15) is 17.6 Å². The lowest BCUT2D eigenvalue weighted by Crippen LogP contribution is -2.23. The molecule has 1 aliphatic heterocycles. The molecule has 4 rings (SSSR count). The molecule has 6 nitrogen and oxygen atoms in total. The number of esters is 1. The first-order chi connectivity index (χ1) is 15.0. The first-order valence-corrected chi connectivity index (χ1v) is 9.99. The molecule has 0 saturated heterocycles. The van der Waals surface area contributed by atoms with E-state index in [0.717, 1.165) is 11.1 Å². The smallest absolute Gasteiger partial charge is 0.339 e. The highest BCUT2D eigenvalue weighted by molar-refractivity contribution is 6.32. The Labute approximate surface area is 184 Å². The number of rotatable bonds is 5. The summed E-state index contributed by atoms with van der Waals surface area (Å²) >= 11 is 6.19. The van der Waals surface area contributed by atoms with E-state index in [2.05, 4.69) is 5.32 Å². The number of hydrogen-bond acceptors (Lipinski definition) is 5. The predicted octanol–water partition coefficient (Wildman–Crippen LogP) is 5.06. The highest BCUT2D eigenvalue weighted by atomic mass is 35.5. The van der Waals surface area contributed by atoms with E-state index < -0.39 is 5.97 Å². The van der Waals surface area contributed by atoms with Gasteiger partial charge >= 0.3 is 5.97 Å². The van der Waals surface area contributed by atoms with Crippen LogP contribution in [0.4, 0.5) is 5.69 Å². The van der Waals surface area contributed by atoms with Gasteiger partial charge in [0, 0.05) is 18.1 Å². The minimum Gasteiger partial charge on any atom is -0.495 e. The molecule has 0 bridgehead atoms. The van der Waals surface area contributed by atoms with E-state index in [1.54, 1.807) is 30.3 Å². The zero-order valence-corrected chi connectivity index (χ0v) is 17.7. The van der Waals surface area contributed by atoms with Crippen molar-refractivity contribution in [3.8, 4) is 11.5 Å². The van der Waals surface area contributed by atoms with Crippen LogP contribution in [0.2, 0.25) is 5.02 Å². The fraction of sp³-hybridized carbons (Fsp3) is 0.167. The highest BCUT2D eigenvalue weighted by Crippen LogP contribution is 2.36.